The fourth-order valence-electron chi connectivity index (χ4n) is 4.90. The minimum absolute atomic E-state index is 0.148. The molecule has 0 saturated heterocycles. The van der Waals surface area contributed by atoms with Crippen LogP contribution in [0.15, 0.2) is 88.7 Å². The van der Waals surface area contributed by atoms with Crippen LogP contribution in [0.2, 0.25) is 5.02 Å². The third-order valence-electron chi connectivity index (χ3n) is 6.80. The van der Waals surface area contributed by atoms with Crippen LogP contribution in [0.3, 0.4) is 0 Å². The Bertz CT molecular complexity index is 1940. The van der Waals surface area contributed by atoms with Crippen LogP contribution in [0, 0.1) is 0 Å². The second-order valence-corrected chi connectivity index (χ2v) is 13.7. The van der Waals surface area contributed by atoms with Crippen LogP contribution in [0.25, 0.3) is 28.3 Å². The summed E-state index contributed by atoms with van der Waals surface area (Å²) in [7, 11) is -8.27. The molecule has 2 N–H and O–H groups in total. The van der Waals surface area contributed by atoms with Crippen LogP contribution >= 0.6 is 11.6 Å². The highest BCUT2D eigenvalue weighted by Gasteiger charge is 2.28. The number of nitrogens with zero attached hydrogens (tertiary/aromatic N) is 2. The van der Waals surface area contributed by atoms with Crippen LogP contribution in [-0.4, -0.2) is 44.0 Å². The lowest BCUT2D eigenvalue weighted by molar-refractivity contribution is -0.677. The Morgan fingerprint density at radius 2 is 1.65 bits per heavy atom. The molecule has 2 heterocycles. The largest absolute Gasteiger partial charge is 0.439 e. The fraction of sp³-hybridized carbons (Fsp3) is 0.233. The molecule has 1 aliphatic rings. The summed E-state index contributed by atoms with van der Waals surface area (Å²) < 4.78 is 78.1. The van der Waals surface area contributed by atoms with Gasteiger partial charge in [-0.05, 0) is 54.3 Å². The number of hydrogen-bond acceptors (Lipinski definition) is 7. The van der Waals surface area contributed by atoms with E-state index in [4.69, 9.17) is 20.8 Å². The number of benzene rings is 3. The Morgan fingerprint density at radius 1 is 0.930 bits per heavy atom. The summed E-state index contributed by atoms with van der Waals surface area (Å²) in [6.45, 7) is 2.35. The van der Waals surface area contributed by atoms with Crippen molar-refractivity contribution in [1.82, 2.24) is 0 Å². The standard InChI is InChI=1S/C30H29ClN2O8S2/c1-21(18-30-33(14-6-16-43(37,38)39)26-20-24(31)10-12-28(26)41-30)17-29-32(13-5-15-42(34,35)36)25-19-23(9-11-27(25)40-29)22-7-3-2-4-8-22/h2-4,7-12,17-20H,5-6,13-16H2,1H3,(H-,34,35,36,37,38,39)/p+1. The third-order valence-corrected chi connectivity index (χ3v) is 8.64. The maximum atomic E-state index is 11.4. The summed E-state index contributed by atoms with van der Waals surface area (Å²) in [5, 5.41) is 0.485. The van der Waals surface area contributed by atoms with Gasteiger partial charge in [-0.25, -0.2) is 0 Å². The zero-order valence-electron chi connectivity index (χ0n) is 23.2. The van der Waals surface area contributed by atoms with Crippen molar-refractivity contribution in [1.29, 1.82) is 0 Å². The zero-order valence-corrected chi connectivity index (χ0v) is 25.6. The average molecular weight is 646 g/mol. The molecule has 1 aromatic heterocycles. The van der Waals surface area contributed by atoms with Crippen molar-refractivity contribution in [3.05, 3.63) is 95.2 Å². The van der Waals surface area contributed by atoms with E-state index in [0.717, 1.165) is 22.2 Å². The van der Waals surface area contributed by atoms with Crippen molar-refractivity contribution in [2.45, 2.75) is 26.3 Å². The molecule has 0 atom stereocenters. The molecule has 226 valence electrons. The van der Waals surface area contributed by atoms with Gasteiger partial charge in [0.15, 0.2) is 12.3 Å². The first-order chi connectivity index (χ1) is 20.4. The second kappa shape index (κ2) is 12.5. The van der Waals surface area contributed by atoms with Gasteiger partial charge in [0.05, 0.1) is 23.3 Å². The predicted molar refractivity (Wildman–Crippen MR) is 165 cm³/mol. The molecule has 0 fully saturated rings. The fourth-order valence-corrected chi connectivity index (χ4v) is 6.06. The number of anilines is 1. The molecule has 0 spiro atoms. The molecule has 5 rings (SSSR count). The second-order valence-electron chi connectivity index (χ2n) is 10.2. The topological polar surface area (TPSA) is 138 Å². The molecule has 13 heteroatoms. The molecule has 4 aromatic rings. The third kappa shape index (κ3) is 7.84. The van der Waals surface area contributed by atoms with Gasteiger partial charge in [-0.2, -0.15) is 21.4 Å². The van der Waals surface area contributed by atoms with Crippen LogP contribution in [0.5, 0.6) is 5.75 Å². The van der Waals surface area contributed by atoms with E-state index in [0.29, 0.717) is 33.8 Å². The van der Waals surface area contributed by atoms with Crippen LogP contribution in [-0.2, 0) is 26.8 Å². The maximum absolute atomic E-state index is 11.4. The monoisotopic (exact) mass is 645 g/mol. The van der Waals surface area contributed by atoms with Crippen molar-refractivity contribution in [2.24, 2.45) is 0 Å². The number of hydrogen-bond donors (Lipinski definition) is 2. The van der Waals surface area contributed by atoms with E-state index < -0.39 is 31.7 Å². The minimum Gasteiger partial charge on any atom is -0.439 e. The van der Waals surface area contributed by atoms with Gasteiger partial charge in [0.1, 0.15) is 0 Å². The van der Waals surface area contributed by atoms with E-state index >= 15 is 0 Å². The highest BCUT2D eigenvalue weighted by atomic mass is 35.5. The summed E-state index contributed by atoms with van der Waals surface area (Å²) in [4.78, 5) is 1.79. The Labute approximate surface area is 255 Å². The molecule has 10 nitrogen and oxygen atoms in total. The van der Waals surface area contributed by atoms with Crippen molar-refractivity contribution in [2.75, 3.05) is 23.0 Å². The van der Waals surface area contributed by atoms with Gasteiger partial charge in [-0.1, -0.05) is 48.0 Å². The van der Waals surface area contributed by atoms with Crippen LogP contribution < -0.4 is 14.2 Å². The molecule has 0 radical (unpaired) electrons. The zero-order chi connectivity index (χ0) is 30.8. The van der Waals surface area contributed by atoms with E-state index in [1.807, 2.05) is 60.0 Å². The number of rotatable bonds is 11. The van der Waals surface area contributed by atoms with Crippen LogP contribution in [0.4, 0.5) is 5.69 Å². The molecule has 0 aliphatic carbocycles. The van der Waals surface area contributed by atoms with Gasteiger partial charge in [0, 0.05) is 30.1 Å². The molecular weight excluding hydrogens is 616 g/mol. The number of allylic oxidation sites excluding steroid dienone is 2. The van der Waals surface area contributed by atoms with Crippen molar-refractivity contribution < 1.29 is 39.7 Å². The van der Waals surface area contributed by atoms with E-state index in [2.05, 4.69) is 0 Å². The number of fused-ring (bicyclic) bond motifs is 2. The Morgan fingerprint density at radius 3 is 2.37 bits per heavy atom. The lowest BCUT2D eigenvalue weighted by atomic mass is 10.1. The van der Waals surface area contributed by atoms with Gasteiger partial charge >= 0.3 is 5.89 Å². The number of aryl methyl sites for hydroxylation is 1. The molecule has 43 heavy (non-hydrogen) atoms. The van der Waals surface area contributed by atoms with Crippen molar-refractivity contribution in [3.63, 3.8) is 0 Å². The highest BCUT2D eigenvalue weighted by Crippen LogP contribution is 2.41. The summed E-state index contributed by atoms with van der Waals surface area (Å²) in [5.41, 5.74) is 4.72. The summed E-state index contributed by atoms with van der Waals surface area (Å²) >= 11 is 6.21. The van der Waals surface area contributed by atoms with E-state index in [-0.39, 0.29) is 25.9 Å². The average Bonchev–Trinajstić information content (AvgIpc) is 3.44. The van der Waals surface area contributed by atoms with Crippen molar-refractivity contribution >= 4 is 54.7 Å². The van der Waals surface area contributed by atoms with E-state index in [1.54, 1.807) is 35.3 Å². The first kappa shape index (κ1) is 30.8. The van der Waals surface area contributed by atoms with E-state index in [9.17, 15) is 25.9 Å². The summed E-state index contributed by atoms with van der Waals surface area (Å²) in [6.07, 6.45) is 3.87. The number of aromatic nitrogens is 1. The Balaban J connectivity index is 1.51. The normalized spacial score (nSPS) is 14.8. The first-order valence-electron chi connectivity index (χ1n) is 13.4. The Kier molecular flexibility index (Phi) is 8.95. The minimum atomic E-state index is -4.14. The molecule has 0 unspecified atom stereocenters. The van der Waals surface area contributed by atoms with Gasteiger partial charge in [-0.15, -0.1) is 0 Å². The SMILES string of the molecule is CC(=Cc1oc2ccc(-c3ccccc3)cc2[n+]1CCCS(=O)(=O)O)C=C1Oc2ccc(Cl)cc2N1CCCS(=O)(=O)O. The van der Waals surface area contributed by atoms with Gasteiger partial charge in [0.2, 0.25) is 11.5 Å². The molecule has 0 bridgehead atoms. The highest BCUT2D eigenvalue weighted by molar-refractivity contribution is 7.86. The lowest BCUT2D eigenvalue weighted by Crippen LogP contribution is -2.36. The van der Waals surface area contributed by atoms with Gasteiger partial charge in [0.25, 0.3) is 25.8 Å². The quantitative estimate of drug-likeness (QED) is 0.154. The predicted octanol–water partition coefficient (Wildman–Crippen LogP) is 5.74. The molecule has 0 saturated carbocycles. The lowest BCUT2D eigenvalue weighted by Gasteiger charge is -2.18. The number of oxazole rings is 1. The Hall–Kier alpha value is -3.68. The first-order valence-corrected chi connectivity index (χ1v) is 17.0. The molecule has 0 amide bonds. The van der Waals surface area contributed by atoms with Crippen LogP contribution in [0.1, 0.15) is 25.7 Å². The summed E-state index contributed by atoms with van der Waals surface area (Å²) in [5.74, 6) is 0.635. The molecule has 1 aliphatic heterocycles. The molecular formula is C30H30ClN2O8S2+. The number of halogens is 1. The van der Waals surface area contributed by atoms with Gasteiger partial charge in [-0.3, -0.25) is 9.11 Å². The number of ether oxygens (including phenoxy) is 1. The maximum Gasteiger partial charge on any atom is 0.374 e. The van der Waals surface area contributed by atoms with Crippen molar-refractivity contribution in [3.8, 4) is 16.9 Å². The summed E-state index contributed by atoms with van der Waals surface area (Å²) in [6, 6.07) is 20.7. The van der Waals surface area contributed by atoms with E-state index in [1.165, 1.54) is 0 Å². The van der Waals surface area contributed by atoms with Gasteiger partial charge < -0.3 is 14.1 Å². The molecule has 3 aromatic carbocycles. The smallest absolute Gasteiger partial charge is 0.374 e.